The van der Waals surface area contributed by atoms with Crippen LogP contribution in [0.15, 0.2) is 30.5 Å². The molecule has 0 amide bonds. The number of ether oxygens (including phenoxy) is 1. The molecule has 4 rings (SSSR count). The van der Waals surface area contributed by atoms with Crippen molar-refractivity contribution in [1.82, 2.24) is 15.0 Å². The lowest BCUT2D eigenvalue weighted by atomic mass is 10.1. The van der Waals surface area contributed by atoms with E-state index in [9.17, 15) is 0 Å². The predicted octanol–water partition coefficient (Wildman–Crippen LogP) is 2.75. The Labute approximate surface area is 130 Å². The van der Waals surface area contributed by atoms with Gasteiger partial charge in [-0.3, -0.25) is 0 Å². The molecule has 0 N–H and O–H groups in total. The first-order valence-corrected chi connectivity index (χ1v) is 8.02. The number of aromatic nitrogens is 3. The third-order valence-electron chi connectivity index (χ3n) is 4.13. The quantitative estimate of drug-likeness (QED) is 0.817. The van der Waals surface area contributed by atoms with Crippen LogP contribution in [0.4, 0.5) is 0 Å². The van der Waals surface area contributed by atoms with Crippen LogP contribution in [0.25, 0.3) is 5.69 Å². The largest absolute Gasteiger partial charge is 0.378 e. The van der Waals surface area contributed by atoms with Crippen molar-refractivity contribution in [2.45, 2.75) is 38.2 Å². The molecule has 1 saturated carbocycles. The number of nitrogens with zero attached hydrogens (tertiary/aromatic N) is 3. The van der Waals surface area contributed by atoms with Crippen molar-refractivity contribution < 1.29 is 4.74 Å². The molecule has 0 spiro atoms. The van der Waals surface area contributed by atoms with Crippen LogP contribution in [0.2, 0.25) is 0 Å². The van der Waals surface area contributed by atoms with Gasteiger partial charge in [0.1, 0.15) is 0 Å². The number of benzene rings is 1. The predicted molar refractivity (Wildman–Crippen MR) is 83.6 cm³/mol. The zero-order valence-electron chi connectivity index (χ0n) is 12.5. The standard InChI is InChI=1S/C18H19N3O/c1-2-18(22-11-1)12-16-13-21(20-19-16)17-9-7-15(8-10-17)6-5-14-3-4-14/h7-10,13-14,18H,1-4,11-12H2. The Kier molecular flexibility index (Phi) is 3.65. The van der Waals surface area contributed by atoms with E-state index in [1.54, 1.807) is 0 Å². The second-order valence-corrected chi connectivity index (χ2v) is 6.08. The molecule has 2 fully saturated rings. The van der Waals surface area contributed by atoms with Gasteiger partial charge in [-0.1, -0.05) is 17.1 Å². The van der Waals surface area contributed by atoms with Crippen LogP contribution in [-0.2, 0) is 11.2 Å². The molecule has 1 unspecified atom stereocenters. The van der Waals surface area contributed by atoms with E-state index < -0.39 is 0 Å². The van der Waals surface area contributed by atoms with Gasteiger partial charge in [-0.05, 0) is 49.9 Å². The maximum atomic E-state index is 5.65. The SMILES string of the molecule is C(#CC1CC1)c1ccc(-n2cc(CC3CCCO3)nn2)cc1. The summed E-state index contributed by atoms with van der Waals surface area (Å²) < 4.78 is 7.47. The van der Waals surface area contributed by atoms with E-state index in [4.69, 9.17) is 4.74 Å². The molecular weight excluding hydrogens is 274 g/mol. The summed E-state index contributed by atoms with van der Waals surface area (Å²) in [5, 5.41) is 8.47. The molecule has 1 aliphatic heterocycles. The van der Waals surface area contributed by atoms with Crippen molar-refractivity contribution in [2.24, 2.45) is 5.92 Å². The lowest BCUT2D eigenvalue weighted by Gasteiger charge is -2.05. The Morgan fingerprint density at radius 2 is 2.05 bits per heavy atom. The maximum absolute atomic E-state index is 5.65. The molecule has 2 aliphatic rings. The second kappa shape index (κ2) is 5.94. The average molecular weight is 293 g/mol. The van der Waals surface area contributed by atoms with E-state index >= 15 is 0 Å². The minimum Gasteiger partial charge on any atom is -0.378 e. The van der Waals surface area contributed by atoms with Crippen LogP contribution in [-0.4, -0.2) is 27.7 Å². The minimum atomic E-state index is 0.310. The van der Waals surface area contributed by atoms with Gasteiger partial charge in [0.05, 0.1) is 23.7 Å². The molecule has 0 bridgehead atoms. The van der Waals surface area contributed by atoms with Gasteiger partial charge in [-0.15, -0.1) is 5.10 Å². The van der Waals surface area contributed by atoms with E-state index in [-0.39, 0.29) is 0 Å². The topological polar surface area (TPSA) is 39.9 Å². The minimum absolute atomic E-state index is 0.310. The molecule has 1 aliphatic carbocycles. The first-order valence-electron chi connectivity index (χ1n) is 8.02. The van der Waals surface area contributed by atoms with Crippen molar-refractivity contribution in [1.29, 1.82) is 0 Å². The zero-order valence-corrected chi connectivity index (χ0v) is 12.5. The molecule has 1 aromatic carbocycles. The number of rotatable bonds is 3. The molecule has 2 heterocycles. The normalized spacial score (nSPS) is 20.6. The first kappa shape index (κ1) is 13.5. The summed E-state index contributed by atoms with van der Waals surface area (Å²) in [5.41, 5.74) is 3.07. The van der Waals surface area contributed by atoms with Gasteiger partial charge in [0.15, 0.2) is 0 Å². The summed E-state index contributed by atoms with van der Waals surface area (Å²) in [4.78, 5) is 0. The van der Waals surface area contributed by atoms with Gasteiger partial charge >= 0.3 is 0 Å². The summed E-state index contributed by atoms with van der Waals surface area (Å²) in [6.07, 6.45) is 7.96. The van der Waals surface area contributed by atoms with Crippen LogP contribution < -0.4 is 0 Å². The molecule has 0 radical (unpaired) electrons. The highest BCUT2D eigenvalue weighted by molar-refractivity contribution is 5.41. The Morgan fingerprint density at radius 1 is 1.18 bits per heavy atom. The Morgan fingerprint density at radius 3 is 2.77 bits per heavy atom. The average Bonchev–Trinajstić information content (AvgIpc) is 3.03. The van der Waals surface area contributed by atoms with Crippen molar-refractivity contribution >= 4 is 0 Å². The molecule has 1 atom stereocenters. The smallest absolute Gasteiger partial charge is 0.0857 e. The summed E-state index contributed by atoms with van der Waals surface area (Å²) >= 11 is 0. The Bertz CT molecular complexity index is 698. The van der Waals surface area contributed by atoms with E-state index in [1.165, 1.54) is 12.8 Å². The number of hydrogen-bond acceptors (Lipinski definition) is 3. The van der Waals surface area contributed by atoms with E-state index in [0.717, 1.165) is 42.8 Å². The highest BCUT2D eigenvalue weighted by Crippen LogP contribution is 2.27. The van der Waals surface area contributed by atoms with Crippen molar-refractivity contribution in [3.8, 4) is 17.5 Å². The molecule has 1 saturated heterocycles. The monoisotopic (exact) mass is 293 g/mol. The molecule has 2 aromatic rings. The fourth-order valence-electron chi connectivity index (χ4n) is 2.67. The maximum Gasteiger partial charge on any atom is 0.0857 e. The summed E-state index contributed by atoms with van der Waals surface area (Å²) in [5.74, 6) is 7.14. The lowest BCUT2D eigenvalue weighted by Crippen LogP contribution is -2.08. The molecule has 1 aromatic heterocycles. The van der Waals surface area contributed by atoms with Crippen molar-refractivity contribution in [3.05, 3.63) is 41.7 Å². The Hall–Kier alpha value is -2.12. The first-order chi connectivity index (χ1) is 10.9. The van der Waals surface area contributed by atoms with Crippen molar-refractivity contribution in [2.75, 3.05) is 6.61 Å². The lowest BCUT2D eigenvalue weighted by molar-refractivity contribution is 0.110. The fraction of sp³-hybridized carbons (Fsp3) is 0.444. The van der Waals surface area contributed by atoms with Gasteiger partial charge in [0, 0.05) is 24.5 Å². The van der Waals surface area contributed by atoms with E-state index in [1.807, 2.05) is 35.1 Å². The third kappa shape index (κ3) is 3.20. The third-order valence-corrected chi connectivity index (χ3v) is 4.13. The van der Waals surface area contributed by atoms with Gasteiger partial charge < -0.3 is 4.74 Å². The zero-order chi connectivity index (χ0) is 14.8. The van der Waals surface area contributed by atoms with Crippen molar-refractivity contribution in [3.63, 3.8) is 0 Å². The second-order valence-electron chi connectivity index (χ2n) is 6.08. The number of hydrogen-bond donors (Lipinski definition) is 0. The summed E-state index contributed by atoms with van der Waals surface area (Å²) in [7, 11) is 0. The van der Waals surface area contributed by atoms with Crippen LogP contribution in [0.3, 0.4) is 0 Å². The molecule has 4 nitrogen and oxygen atoms in total. The fourth-order valence-corrected chi connectivity index (χ4v) is 2.67. The van der Waals surface area contributed by atoms with Gasteiger partial charge in [0.2, 0.25) is 0 Å². The molecule has 4 heteroatoms. The van der Waals surface area contributed by atoms with E-state index in [0.29, 0.717) is 12.0 Å². The van der Waals surface area contributed by atoms with Gasteiger partial charge in [-0.25, -0.2) is 4.68 Å². The van der Waals surface area contributed by atoms with Gasteiger partial charge in [0.25, 0.3) is 0 Å². The van der Waals surface area contributed by atoms with Crippen LogP contribution >= 0.6 is 0 Å². The van der Waals surface area contributed by atoms with Crippen LogP contribution in [0, 0.1) is 17.8 Å². The molecular formula is C18H19N3O. The highest BCUT2D eigenvalue weighted by atomic mass is 16.5. The molecule has 112 valence electrons. The Balaban J connectivity index is 1.44. The van der Waals surface area contributed by atoms with Crippen LogP contribution in [0.5, 0.6) is 0 Å². The summed E-state index contributed by atoms with van der Waals surface area (Å²) in [6.45, 7) is 0.877. The van der Waals surface area contributed by atoms with Crippen LogP contribution in [0.1, 0.15) is 36.9 Å². The molecule has 22 heavy (non-hydrogen) atoms. The summed E-state index contributed by atoms with van der Waals surface area (Å²) in [6, 6.07) is 8.18. The van der Waals surface area contributed by atoms with Gasteiger partial charge in [-0.2, -0.15) is 0 Å². The highest BCUT2D eigenvalue weighted by Gasteiger charge is 2.18. The van der Waals surface area contributed by atoms with E-state index in [2.05, 4.69) is 22.2 Å².